The molecule has 0 amide bonds. The van der Waals surface area contributed by atoms with Crippen LogP contribution in [-0.4, -0.2) is 22.8 Å². The number of carbonyl (C=O) groups is 1. The SMILES string of the molecule is CN1C=Cc2ccccc2C1C(=O)c1cccc(O)c1. The lowest BCUT2D eigenvalue weighted by atomic mass is 9.91. The van der Waals surface area contributed by atoms with Gasteiger partial charge in [0.25, 0.3) is 0 Å². The fourth-order valence-corrected chi connectivity index (χ4v) is 2.56. The molecule has 0 saturated carbocycles. The lowest BCUT2D eigenvalue weighted by molar-refractivity contribution is 0.0888. The maximum Gasteiger partial charge on any atom is 0.189 e. The van der Waals surface area contributed by atoms with E-state index in [1.165, 1.54) is 6.07 Å². The molecule has 0 saturated heterocycles. The standard InChI is InChI=1S/C17H15NO2/c1-18-10-9-12-5-2-3-8-15(12)16(18)17(20)13-6-4-7-14(19)11-13/h2-11,16,19H,1H3. The van der Waals surface area contributed by atoms with Gasteiger partial charge in [0.05, 0.1) is 0 Å². The Morgan fingerprint density at radius 1 is 1.15 bits per heavy atom. The monoisotopic (exact) mass is 265 g/mol. The van der Waals surface area contributed by atoms with E-state index in [9.17, 15) is 9.90 Å². The molecule has 0 aromatic heterocycles. The first-order valence-corrected chi connectivity index (χ1v) is 6.49. The number of fused-ring (bicyclic) bond motifs is 1. The summed E-state index contributed by atoms with van der Waals surface area (Å²) in [5, 5.41) is 9.54. The maximum absolute atomic E-state index is 12.7. The van der Waals surface area contributed by atoms with Gasteiger partial charge in [0.2, 0.25) is 0 Å². The van der Waals surface area contributed by atoms with Crippen LogP contribution < -0.4 is 0 Å². The minimum atomic E-state index is -0.349. The number of ketones is 1. The molecule has 2 aromatic carbocycles. The second-order valence-electron chi connectivity index (χ2n) is 4.93. The van der Waals surface area contributed by atoms with Crippen LogP contribution in [0.1, 0.15) is 27.5 Å². The number of hydrogen-bond acceptors (Lipinski definition) is 3. The molecule has 1 aliphatic rings. The highest BCUT2D eigenvalue weighted by atomic mass is 16.3. The van der Waals surface area contributed by atoms with Gasteiger partial charge in [-0.2, -0.15) is 0 Å². The Hall–Kier alpha value is -2.55. The summed E-state index contributed by atoms with van der Waals surface area (Å²) in [7, 11) is 1.89. The Bertz CT molecular complexity index is 691. The van der Waals surface area contributed by atoms with E-state index in [0.717, 1.165) is 11.1 Å². The van der Waals surface area contributed by atoms with Crippen LogP contribution in [0.2, 0.25) is 0 Å². The number of benzene rings is 2. The number of aromatic hydroxyl groups is 1. The number of hydrogen-bond donors (Lipinski definition) is 1. The molecule has 1 N–H and O–H groups in total. The minimum Gasteiger partial charge on any atom is -0.508 e. The summed E-state index contributed by atoms with van der Waals surface area (Å²) < 4.78 is 0. The zero-order chi connectivity index (χ0) is 14.1. The molecule has 20 heavy (non-hydrogen) atoms. The first kappa shape index (κ1) is 12.5. The van der Waals surface area contributed by atoms with Crippen LogP contribution in [0.5, 0.6) is 5.75 Å². The van der Waals surface area contributed by atoms with Crippen LogP contribution in [-0.2, 0) is 0 Å². The Kier molecular flexibility index (Phi) is 3.03. The number of likely N-dealkylation sites (N-methyl/N-ethyl adjacent to an activating group) is 1. The van der Waals surface area contributed by atoms with Gasteiger partial charge in [0, 0.05) is 18.8 Å². The van der Waals surface area contributed by atoms with Crippen molar-refractivity contribution in [2.75, 3.05) is 7.05 Å². The number of rotatable bonds is 2. The average Bonchev–Trinajstić information content (AvgIpc) is 2.46. The molecule has 0 fully saturated rings. The van der Waals surface area contributed by atoms with Crippen molar-refractivity contribution >= 4 is 11.9 Å². The van der Waals surface area contributed by atoms with E-state index < -0.39 is 0 Å². The van der Waals surface area contributed by atoms with Gasteiger partial charge in [-0.05, 0) is 29.3 Å². The first-order valence-electron chi connectivity index (χ1n) is 6.49. The largest absolute Gasteiger partial charge is 0.508 e. The second kappa shape index (κ2) is 4.85. The van der Waals surface area contributed by atoms with Crippen molar-refractivity contribution in [1.29, 1.82) is 0 Å². The fourth-order valence-electron chi connectivity index (χ4n) is 2.56. The maximum atomic E-state index is 12.7. The van der Waals surface area contributed by atoms with E-state index in [1.807, 2.05) is 48.5 Å². The molecule has 3 heteroatoms. The molecule has 100 valence electrons. The highest BCUT2D eigenvalue weighted by molar-refractivity contribution is 6.01. The normalized spacial score (nSPS) is 16.9. The third-order valence-corrected chi connectivity index (χ3v) is 3.57. The smallest absolute Gasteiger partial charge is 0.189 e. The highest BCUT2D eigenvalue weighted by Gasteiger charge is 2.28. The summed E-state index contributed by atoms with van der Waals surface area (Å²) in [5.74, 6) is 0.0957. The predicted molar refractivity (Wildman–Crippen MR) is 78.4 cm³/mol. The molecule has 3 nitrogen and oxygen atoms in total. The molecule has 1 aliphatic heterocycles. The molecule has 1 atom stereocenters. The van der Waals surface area contributed by atoms with Crippen molar-refractivity contribution in [3.8, 4) is 5.75 Å². The van der Waals surface area contributed by atoms with Crippen LogP contribution in [0.15, 0.2) is 54.7 Å². The third-order valence-electron chi connectivity index (χ3n) is 3.57. The zero-order valence-corrected chi connectivity index (χ0v) is 11.2. The van der Waals surface area contributed by atoms with Gasteiger partial charge < -0.3 is 10.0 Å². The van der Waals surface area contributed by atoms with Crippen molar-refractivity contribution in [1.82, 2.24) is 4.90 Å². The van der Waals surface area contributed by atoms with Crippen LogP contribution in [0.4, 0.5) is 0 Å². The molecule has 2 aromatic rings. The van der Waals surface area contributed by atoms with E-state index in [4.69, 9.17) is 0 Å². The van der Waals surface area contributed by atoms with Gasteiger partial charge in [-0.3, -0.25) is 4.79 Å². The summed E-state index contributed by atoms with van der Waals surface area (Å²) in [4.78, 5) is 14.6. The lowest BCUT2D eigenvalue weighted by Crippen LogP contribution is -2.29. The van der Waals surface area contributed by atoms with E-state index in [0.29, 0.717) is 5.56 Å². The van der Waals surface area contributed by atoms with E-state index in [2.05, 4.69) is 0 Å². The highest BCUT2D eigenvalue weighted by Crippen LogP contribution is 2.32. The Morgan fingerprint density at radius 2 is 1.95 bits per heavy atom. The van der Waals surface area contributed by atoms with Gasteiger partial charge >= 0.3 is 0 Å². The second-order valence-corrected chi connectivity index (χ2v) is 4.93. The molecular weight excluding hydrogens is 250 g/mol. The molecule has 1 unspecified atom stereocenters. The Morgan fingerprint density at radius 3 is 2.75 bits per heavy atom. The quantitative estimate of drug-likeness (QED) is 0.847. The number of carbonyl (C=O) groups excluding carboxylic acids is 1. The molecule has 0 bridgehead atoms. The number of phenolic OH excluding ortho intramolecular Hbond substituents is 1. The van der Waals surface area contributed by atoms with Crippen LogP contribution in [0.3, 0.4) is 0 Å². The van der Waals surface area contributed by atoms with Crippen molar-refractivity contribution in [2.24, 2.45) is 0 Å². The summed E-state index contributed by atoms with van der Waals surface area (Å²) in [5.41, 5.74) is 2.57. The van der Waals surface area contributed by atoms with E-state index >= 15 is 0 Å². The molecule has 3 rings (SSSR count). The summed E-state index contributed by atoms with van der Waals surface area (Å²) in [6.07, 6.45) is 3.91. The number of nitrogens with zero attached hydrogens (tertiary/aromatic N) is 1. The van der Waals surface area contributed by atoms with Gasteiger partial charge in [-0.1, -0.05) is 36.4 Å². The minimum absolute atomic E-state index is 0.0137. The van der Waals surface area contributed by atoms with Gasteiger partial charge in [-0.25, -0.2) is 0 Å². The molecular formula is C17H15NO2. The summed E-state index contributed by atoms with van der Waals surface area (Å²) in [6.45, 7) is 0. The van der Waals surface area contributed by atoms with Gasteiger partial charge in [0.15, 0.2) is 5.78 Å². The molecule has 0 spiro atoms. The average molecular weight is 265 g/mol. The molecule has 1 heterocycles. The molecule has 0 aliphatic carbocycles. The third kappa shape index (κ3) is 2.07. The summed E-state index contributed by atoms with van der Waals surface area (Å²) >= 11 is 0. The van der Waals surface area contributed by atoms with Crippen molar-refractivity contribution in [3.05, 3.63) is 71.4 Å². The van der Waals surface area contributed by atoms with Gasteiger partial charge in [0.1, 0.15) is 11.8 Å². The van der Waals surface area contributed by atoms with E-state index in [1.54, 1.807) is 18.2 Å². The van der Waals surface area contributed by atoms with Crippen molar-refractivity contribution in [3.63, 3.8) is 0 Å². The fraction of sp³-hybridized carbons (Fsp3) is 0.118. The predicted octanol–water partition coefficient (Wildman–Crippen LogP) is 3.23. The van der Waals surface area contributed by atoms with Crippen LogP contribution in [0.25, 0.3) is 6.08 Å². The number of Topliss-reactive ketones (excluding diaryl/α,β-unsaturated/α-hetero) is 1. The van der Waals surface area contributed by atoms with Gasteiger partial charge in [-0.15, -0.1) is 0 Å². The Labute approximate surface area is 117 Å². The lowest BCUT2D eigenvalue weighted by Gasteiger charge is -2.30. The van der Waals surface area contributed by atoms with E-state index in [-0.39, 0.29) is 17.6 Å². The molecule has 0 radical (unpaired) electrons. The first-order chi connectivity index (χ1) is 9.66. The van der Waals surface area contributed by atoms with Crippen molar-refractivity contribution in [2.45, 2.75) is 6.04 Å². The summed E-state index contributed by atoms with van der Waals surface area (Å²) in [6, 6.07) is 14.0. The van der Waals surface area contributed by atoms with Crippen LogP contribution >= 0.6 is 0 Å². The number of phenols is 1. The Balaban J connectivity index is 2.05. The van der Waals surface area contributed by atoms with Crippen molar-refractivity contribution < 1.29 is 9.90 Å². The van der Waals surface area contributed by atoms with Crippen LogP contribution in [0, 0.1) is 0 Å². The topological polar surface area (TPSA) is 40.5 Å². The zero-order valence-electron chi connectivity index (χ0n) is 11.2.